The van der Waals surface area contributed by atoms with Crippen molar-refractivity contribution in [2.24, 2.45) is 4.99 Å². The zero-order chi connectivity index (χ0) is 20.5. The maximum atomic E-state index is 12.2. The van der Waals surface area contributed by atoms with E-state index in [2.05, 4.69) is 61.6 Å². The maximum absolute atomic E-state index is 12.2. The average Bonchev–Trinajstić information content (AvgIpc) is 2.75. The molecule has 154 valence electrons. The second-order valence-electron chi connectivity index (χ2n) is 7.06. The molecule has 0 aliphatic carbocycles. The van der Waals surface area contributed by atoms with Gasteiger partial charge in [0.05, 0.1) is 6.54 Å². The molecule has 1 amide bonds. The van der Waals surface area contributed by atoms with Crippen LogP contribution in [0.5, 0.6) is 0 Å². The van der Waals surface area contributed by atoms with Gasteiger partial charge in [-0.25, -0.2) is 4.98 Å². The van der Waals surface area contributed by atoms with Crippen LogP contribution >= 0.6 is 0 Å². The minimum Gasteiger partial charge on any atom is -0.368 e. The Bertz CT molecular complexity index is 798. The topological polar surface area (TPSA) is 72.9 Å². The van der Waals surface area contributed by atoms with E-state index in [0.29, 0.717) is 18.8 Å². The van der Waals surface area contributed by atoms with Crippen molar-refractivity contribution in [3.8, 4) is 0 Å². The Morgan fingerprint density at radius 3 is 2.52 bits per heavy atom. The molecule has 0 atom stereocenters. The second-order valence-corrected chi connectivity index (χ2v) is 7.06. The van der Waals surface area contributed by atoms with E-state index in [0.717, 1.165) is 44.2 Å². The number of aromatic nitrogens is 1. The molecule has 2 N–H and O–H groups in total. The first-order chi connectivity index (χ1) is 14.2. The van der Waals surface area contributed by atoms with Crippen LogP contribution in [0.2, 0.25) is 0 Å². The summed E-state index contributed by atoms with van der Waals surface area (Å²) in [6.07, 6.45) is 2.07. The summed E-state index contributed by atoms with van der Waals surface area (Å²) >= 11 is 0. The van der Waals surface area contributed by atoms with Crippen LogP contribution in [0.4, 0.5) is 11.5 Å². The number of carbonyl (C=O) groups is 1. The van der Waals surface area contributed by atoms with Crippen LogP contribution in [0.1, 0.15) is 18.9 Å². The highest BCUT2D eigenvalue weighted by molar-refractivity contribution is 5.90. The van der Waals surface area contributed by atoms with Crippen molar-refractivity contribution < 1.29 is 4.79 Å². The lowest BCUT2D eigenvalue weighted by atomic mass is 10.2. The van der Waals surface area contributed by atoms with Crippen LogP contribution in [-0.2, 0) is 4.79 Å². The van der Waals surface area contributed by atoms with Gasteiger partial charge in [-0.3, -0.25) is 9.79 Å². The molecule has 7 heteroatoms. The van der Waals surface area contributed by atoms with Crippen LogP contribution in [-0.4, -0.2) is 61.0 Å². The van der Waals surface area contributed by atoms with Gasteiger partial charge in [0.15, 0.2) is 5.96 Å². The molecule has 0 unspecified atom stereocenters. The first-order valence-corrected chi connectivity index (χ1v) is 10.2. The van der Waals surface area contributed by atoms with Crippen LogP contribution in [0.15, 0.2) is 53.7 Å². The minimum atomic E-state index is -0.0742. The largest absolute Gasteiger partial charge is 0.368 e. The molecule has 1 aliphatic heterocycles. The van der Waals surface area contributed by atoms with Gasteiger partial charge in [-0.15, -0.1) is 0 Å². The maximum Gasteiger partial charge on any atom is 0.227 e. The molecule has 1 fully saturated rings. The van der Waals surface area contributed by atoms with Crippen LogP contribution in [0.25, 0.3) is 0 Å². The monoisotopic (exact) mass is 394 g/mol. The van der Waals surface area contributed by atoms with Gasteiger partial charge in [0.25, 0.3) is 0 Å². The number of carbonyl (C=O) groups excluding carboxylic acids is 1. The number of amides is 1. The summed E-state index contributed by atoms with van der Waals surface area (Å²) in [5.74, 6) is 1.38. The van der Waals surface area contributed by atoms with Gasteiger partial charge in [0.2, 0.25) is 5.91 Å². The summed E-state index contributed by atoms with van der Waals surface area (Å²) in [5, 5.41) is 6.17. The van der Waals surface area contributed by atoms with Crippen molar-refractivity contribution in [1.82, 2.24) is 15.2 Å². The van der Waals surface area contributed by atoms with E-state index in [1.807, 2.05) is 25.1 Å². The first-order valence-electron chi connectivity index (χ1n) is 10.2. The molecule has 0 spiro atoms. The number of nitrogens with one attached hydrogen (secondary N) is 2. The third-order valence-corrected chi connectivity index (χ3v) is 4.81. The molecule has 0 bridgehead atoms. The standard InChI is InChI=1S/C22H30N6O/c1-3-23-22(24-12-11-21(29)26-20-10-9-18(2)17-25-20)28-15-13-27(14-16-28)19-7-5-4-6-8-19/h4-10,17H,3,11-16H2,1-2H3,(H,23,24)(H,25,26,29). The van der Waals surface area contributed by atoms with Gasteiger partial charge in [-0.1, -0.05) is 24.3 Å². The predicted molar refractivity (Wildman–Crippen MR) is 118 cm³/mol. The molecule has 2 heterocycles. The summed E-state index contributed by atoms with van der Waals surface area (Å²) in [6.45, 7) is 8.99. The fraction of sp³-hybridized carbons (Fsp3) is 0.409. The Hall–Kier alpha value is -3.09. The Balaban J connectivity index is 1.49. The van der Waals surface area contributed by atoms with Gasteiger partial charge in [0.1, 0.15) is 5.82 Å². The molecular formula is C22H30N6O. The Morgan fingerprint density at radius 1 is 1.10 bits per heavy atom. The highest BCUT2D eigenvalue weighted by atomic mass is 16.1. The van der Waals surface area contributed by atoms with Crippen LogP contribution in [0.3, 0.4) is 0 Å². The summed E-state index contributed by atoms with van der Waals surface area (Å²) < 4.78 is 0. The number of aliphatic imine (C=N–C) groups is 1. The number of hydrogen-bond acceptors (Lipinski definition) is 4. The third kappa shape index (κ3) is 6.20. The molecule has 0 saturated carbocycles. The number of aryl methyl sites for hydroxylation is 1. The molecule has 0 radical (unpaired) electrons. The van der Waals surface area contributed by atoms with Gasteiger partial charge in [-0.2, -0.15) is 0 Å². The fourth-order valence-electron chi connectivity index (χ4n) is 3.25. The lowest BCUT2D eigenvalue weighted by Gasteiger charge is -2.37. The number of hydrogen-bond donors (Lipinski definition) is 2. The van der Waals surface area contributed by atoms with Crippen molar-refractivity contribution in [2.75, 3.05) is 49.5 Å². The first kappa shape index (κ1) is 20.6. The lowest BCUT2D eigenvalue weighted by molar-refractivity contribution is -0.116. The van der Waals surface area contributed by atoms with Crippen LogP contribution < -0.4 is 15.5 Å². The quantitative estimate of drug-likeness (QED) is 0.582. The minimum absolute atomic E-state index is 0.0742. The van der Waals surface area contributed by atoms with E-state index in [1.165, 1.54) is 5.69 Å². The highest BCUT2D eigenvalue weighted by Gasteiger charge is 2.19. The molecule has 1 aromatic carbocycles. The normalized spacial score (nSPS) is 14.6. The molecule has 1 saturated heterocycles. The van der Waals surface area contributed by atoms with Crippen molar-refractivity contribution in [1.29, 1.82) is 0 Å². The van der Waals surface area contributed by atoms with Gasteiger partial charge in [0, 0.05) is 51.0 Å². The van der Waals surface area contributed by atoms with Crippen molar-refractivity contribution in [3.05, 3.63) is 54.2 Å². The summed E-state index contributed by atoms with van der Waals surface area (Å²) in [5.41, 5.74) is 2.32. The van der Waals surface area contributed by atoms with Gasteiger partial charge >= 0.3 is 0 Å². The lowest BCUT2D eigenvalue weighted by Crippen LogP contribution is -2.52. The molecule has 1 aliphatic rings. The van der Waals surface area contributed by atoms with E-state index < -0.39 is 0 Å². The summed E-state index contributed by atoms with van der Waals surface area (Å²) in [6, 6.07) is 14.2. The number of pyridine rings is 1. The highest BCUT2D eigenvalue weighted by Crippen LogP contribution is 2.15. The van der Waals surface area contributed by atoms with Crippen molar-refractivity contribution in [2.45, 2.75) is 20.3 Å². The summed E-state index contributed by atoms with van der Waals surface area (Å²) in [4.78, 5) is 25.7. The molecular weight excluding hydrogens is 364 g/mol. The zero-order valence-electron chi connectivity index (χ0n) is 17.3. The number of anilines is 2. The average molecular weight is 395 g/mol. The number of nitrogens with zero attached hydrogens (tertiary/aromatic N) is 4. The molecule has 29 heavy (non-hydrogen) atoms. The van der Waals surface area contributed by atoms with E-state index in [1.54, 1.807) is 6.20 Å². The zero-order valence-corrected chi connectivity index (χ0v) is 17.3. The summed E-state index contributed by atoms with van der Waals surface area (Å²) in [7, 11) is 0. The number of guanidine groups is 1. The molecule has 7 nitrogen and oxygen atoms in total. The number of benzene rings is 1. The molecule has 2 aromatic rings. The Morgan fingerprint density at radius 2 is 1.86 bits per heavy atom. The number of rotatable bonds is 6. The van der Waals surface area contributed by atoms with E-state index >= 15 is 0 Å². The van der Waals surface area contributed by atoms with Crippen molar-refractivity contribution >= 4 is 23.4 Å². The third-order valence-electron chi connectivity index (χ3n) is 4.81. The molecule has 3 rings (SSSR count). The van der Waals surface area contributed by atoms with Gasteiger partial charge in [-0.05, 0) is 37.6 Å². The van der Waals surface area contributed by atoms with E-state index in [4.69, 9.17) is 0 Å². The second kappa shape index (κ2) is 10.5. The predicted octanol–water partition coefficient (Wildman–Crippen LogP) is 2.51. The van der Waals surface area contributed by atoms with Gasteiger partial charge < -0.3 is 20.4 Å². The fourth-order valence-corrected chi connectivity index (χ4v) is 3.25. The smallest absolute Gasteiger partial charge is 0.227 e. The van der Waals surface area contributed by atoms with Crippen molar-refractivity contribution in [3.63, 3.8) is 0 Å². The van der Waals surface area contributed by atoms with E-state index in [9.17, 15) is 4.79 Å². The van der Waals surface area contributed by atoms with Crippen LogP contribution in [0, 0.1) is 6.92 Å². The number of piperazine rings is 1. The number of para-hydroxylation sites is 1. The van der Waals surface area contributed by atoms with E-state index in [-0.39, 0.29) is 5.91 Å². The molecule has 1 aromatic heterocycles. The Labute approximate surface area is 172 Å². The Kier molecular flexibility index (Phi) is 7.44. The SMILES string of the molecule is CCNC(=NCCC(=O)Nc1ccc(C)cn1)N1CCN(c2ccccc2)CC1.